The van der Waals surface area contributed by atoms with Crippen molar-refractivity contribution in [3.05, 3.63) is 51.9 Å². The lowest BCUT2D eigenvalue weighted by Gasteiger charge is -2.06. The van der Waals surface area contributed by atoms with Crippen LogP contribution in [-0.4, -0.2) is 18.0 Å². The molecular formula is C15H12BrN3O2S. The molecule has 3 aromatic rings. The standard InChI is InChI=1S/C15H12BrN3O2S/c1-21-10-5-6-11-9(7-10)8-12(22-11)15(20)19-18-14-4-2-3-13(16)17-14/h2-8H,1H3,(H,17,18)(H,19,20). The third-order valence-electron chi connectivity index (χ3n) is 2.97. The molecule has 7 heteroatoms. The minimum Gasteiger partial charge on any atom is -0.497 e. The van der Waals surface area contributed by atoms with E-state index in [0.717, 1.165) is 15.8 Å². The second-order valence-corrected chi connectivity index (χ2v) is 6.34. The summed E-state index contributed by atoms with van der Waals surface area (Å²) in [6, 6.07) is 13.0. The lowest BCUT2D eigenvalue weighted by atomic mass is 10.2. The van der Waals surface area contributed by atoms with Gasteiger partial charge in [0, 0.05) is 4.70 Å². The van der Waals surface area contributed by atoms with Crippen molar-refractivity contribution in [3.63, 3.8) is 0 Å². The number of amides is 1. The number of nitrogens with zero attached hydrogens (tertiary/aromatic N) is 1. The molecule has 0 aliphatic rings. The molecule has 1 amide bonds. The van der Waals surface area contributed by atoms with Gasteiger partial charge in [-0.15, -0.1) is 11.3 Å². The van der Waals surface area contributed by atoms with Crippen molar-refractivity contribution >= 4 is 49.1 Å². The van der Waals surface area contributed by atoms with Gasteiger partial charge in [-0.1, -0.05) is 6.07 Å². The number of benzene rings is 1. The van der Waals surface area contributed by atoms with Crippen LogP contribution in [0.15, 0.2) is 47.1 Å². The molecule has 22 heavy (non-hydrogen) atoms. The van der Waals surface area contributed by atoms with Crippen LogP contribution in [0.1, 0.15) is 9.67 Å². The van der Waals surface area contributed by atoms with E-state index in [4.69, 9.17) is 4.74 Å². The average molecular weight is 378 g/mol. The van der Waals surface area contributed by atoms with Crippen molar-refractivity contribution in [2.45, 2.75) is 0 Å². The van der Waals surface area contributed by atoms with E-state index >= 15 is 0 Å². The number of hydrogen-bond acceptors (Lipinski definition) is 5. The summed E-state index contributed by atoms with van der Waals surface area (Å²) in [6.45, 7) is 0. The van der Waals surface area contributed by atoms with Crippen LogP contribution < -0.4 is 15.6 Å². The number of nitrogens with one attached hydrogen (secondary N) is 2. The first kappa shape index (κ1) is 14.8. The first-order valence-corrected chi connectivity index (χ1v) is 8.03. The number of rotatable bonds is 4. The van der Waals surface area contributed by atoms with Crippen LogP contribution in [0.2, 0.25) is 0 Å². The Balaban J connectivity index is 1.74. The molecule has 0 bridgehead atoms. The summed E-state index contributed by atoms with van der Waals surface area (Å²) in [6.07, 6.45) is 0. The highest BCUT2D eigenvalue weighted by Gasteiger charge is 2.10. The summed E-state index contributed by atoms with van der Waals surface area (Å²) < 4.78 is 6.92. The predicted molar refractivity (Wildman–Crippen MR) is 91.4 cm³/mol. The van der Waals surface area contributed by atoms with E-state index in [0.29, 0.717) is 15.3 Å². The van der Waals surface area contributed by atoms with Crippen LogP contribution in [0.5, 0.6) is 5.75 Å². The Morgan fingerprint density at radius 3 is 2.91 bits per heavy atom. The summed E-state index contributed by atoms with van der Waals surface area (Å²) in [5.74, 6) is 1.13. The largest absolute Gasteiger partial charge is 0.497 e. The maximum absolute atomic E-state index is 12.2. The van der Waals surface area contributed by atoms with Crippen molar-refractivity contribution < 1.29 is 9.53 Å². The Kier molecular flexibility index (Phi) is 4.26. The van der Waals surface area contributed by atoms with Crippen LogP contribution >= 0.6 is 27.3 Å². The van der Waals surface area contributed by atoms with Gasteiger partial charge in [-0.25, -0.2) is 4.98 Å². The van der Waals surface area contributed by atoms with E-state index in [1.165, 1.54) is 11.3 Å². The highest BCUT2D eigenvalue weighted by Crippen LogP contribution is 2.28. The van der Waals surface area contributed by atoms with E-state index in [1.807, 2.05) is 36.4 Å². The lowest BCUT2D eigenvalue weighted by Crippen LogP contribution is -2.29. The SMILES string of the molecule is COc1ccc2sc(C(=O)NNc3cccc(Br)n3)cc2c1. The van der Waals surface area contributed by atoms with Crippen molar-refractivity contribution in [2.24, 2.45) is 0 Å². The third-order valence-corrected chi connectivity index (χ3v) is 4.52. The lowest BCUT2D eigenvalue weighted by molar-refractivity contribution is 0.0966. The van der Waals surface area contributed by atoms with Crippen LogP contribution in [0.4, 0.5) is 5.82 Å². The highest BCUT2D eigenvalue weighted by atomic mass is 79.9. The number of halogens is 1. The number of carbonyl (C=O) groups is 1. The van der Waals surface area contributed by atoms with Crippen molar-refractivity contribution in [1.82, 2.24) is 10.4 Å². The number of hydrogen-bond donors (Lipinski definition) is 2. The topological polar surface area (TPSA) is 63.2 Å². The maximum atomic E-state index is 12.2. The molecule has 0 radical (unpaired) electrons. The first-order valence-electron chi connectivity index (χ1n) is 6.42. The zero-order chi connectivity index (χ0) is 15.5. The fourth-order valence-electron chi connectivity index (χ4n) is 1.92. The molecule has 0 spiro atoms. The molecule has 112 valence electrons. The summed E-state index contributed by atoms with van der Waals surface area (Å²) in [4.78, 5) is 17.0. The van der Waals surface area contributed by atoms with E-state index < -0.39 is 0 Å². The van der Waals surface area contributed by atoms with Crippen LogP contribution in [-0.2, 0) is 0 Å². The van der Waals surface area contributed by atoms with Gasteiger partial charge in [0.15, 0.2) is 0 Å². The molecule has 2 heterocycles. The van der Waals surface area contributed by atoms with E-state index in [-0.39, 0.29) is 5.91 Å². The molecule has 5 nitrogen and oxygen atoms in total. The molecule has 1 aromatic carbocycles. The molecule has 3 rings (SSSR count). The van der Waals surface area contributed by atoms with E-state index in [1.54, 1.807) is 13.2 Å². The van der Waals surface area contributed by atoms with Gasteiger partial charge < -0.3 is 4.74 Å². The number of aromatic nitrogens is 1. The monoisotopic (exact) mass is 377 g/mol. The summed E-state index contributed by atoms with van der Waals surface area (Å²) in [5.41, 5.74) is 5.43. The second kappa shape index (κ2) is 6.33. The molecule has 0 aliphatic carbocycles. The molecular weight excluding hydrogens is 366 g/mol. The summed E-state index contributed by atoms with van der Waals surface area (Å²) >= 11 is 4.70. The van der Waals surface area contributed by atoms with E-state index in [9.17, 15) is 4.79 Å². The number of hydrazine groups is 1. The third kappa shape index (κ3) is 3.20. The van der Waals surface area contributed by atoms with Crippen molar-refractivity contribution in [1.29, 1.82) is 0 Å². The van der Waals surface area contributed by atoms with Gasteiger partial charge in [0.2, 0.25) is 0 Å². The maximum Gasteiger partial charge on any atom is 0.279 e. The van der Waals surface area contributed by atoms with E-state index in [2.05, 4.69) is 31.8 Å². The Bertz CT molecular complexity index is 835. The number of pyridine rings is 1. The van der Waals surface area contributed by atoms with Gasteiger partial charge in [0.1, 0.15) is 16.2 Å². The molecule has 0 saturated heterocycles. The quantitative estimate of drug-likeness (QED) is 0.535. The van der Waals surface area contributed by atoms with Gasteiger partial charge in [-0.3, -0.25) is 15.6 Å². The minimum absolute atomic E-state index is 0.207. The Morgan fingerprint density at radius 1 is 1.27 bits per heavy atom. The smallest absolute Gasteiger partial charge is 0.279 e. The van der Waals surface area contributed by atoms with Gasteiger partial charge in [-0.2, -0.15) is 0 Å². The minimum atomic E-state index is -0.207. The molecule has 2 N–H and O–H groups in total. The normalized spacial score (nSPS) is 10.5. The van der Waals surface area contributed by atoms with Crippen LogP contribution in [0, 0.1) is 0 Å². The average Bonchev–Trinajstić information content (AvgIpc) is 2.95. The van der Waals surface area contributed by atoms with Crippen molar-refractivity contribution in [2.75, 3.05) is 12.5 Å². The fourth-order valence-corrected chi connectivity index (χ4v) is 3.20. The zero-order valence-electron chi connectivity index (χ0n) is 11.6. The number of anilines is 1. The zero-order valence-corrected chi connectivity index (χ0v) is 14.0. The number of methoxy groups -OCH3 is 1. The molecule has 0 fully saturated rings. The molecule has 0 atom stereocenters. The van der Waals surface area contributed by atoms with Crippen molar-refractivity contribution in [3.8, 4) is 5.75 Å². The van der Waals surface area contributed by atoms with Gasteiger partial charge >= 0.3 is 0 Å². The highest BCUT2D eigenvalue weighted by molar-refractivity contribution is 9.10. The first-order chi connectivity index (χ1) is 10.7. The van der Waals surface area contributed by atoms with Gasteiger partial charge in [-0.05, 0) is 57.7 Å². The molecule has 2 aromatic heterocycles. The molecule has 0 aliphatic heterocycles. The molecule has 0 unspecified atom stereocenters. The van der Waals surface area contributed by atoms with Crippen LogP contribution in [0.25, 0.3) is 10.1 Å². The number of thiophene rings is 1. The summed E-state index contributed by atoms with van der Waals surface area (Å²) in [5, 5.41) is 0.982. The van der Waals surface area contributed by atoms with Gasteiger partial charge in [0.25, 0.3) is 5.91 Å². The van der Waals surface area contributed by atoms with Gasteiger partial charge in [0.05, 0.1) is 12.0 Å². The van der Waals surface area contributed by atoms with Crippen LogP contribution in [0.3, 0.4) is 0 Å². The Hall–Kier alpha value is -2.12. The number of carbonyl (C=O) groups excluding carboxylic acids is 1. The Labute approximate surface area is 139 Å². The number of ether oxygens (including phenoxy) is 1. The second-order valence-electron chi connectivity index (χ2n) is 4.44. The summed E-state index contributed by atoms with van der Waals surface area (Å²) in [7, 11) is 1.62. The fraction of sp³-hybridized carbons (Fsp3) is 0.0667. The predicted octanol–water partition coefficient (Wildman–Crippen LogP) is 3.82. The Morgan fingerprint density at radius 2 is 2.14 bits per heavy atom. The molecule has 0 saturated carbocycles. The number of fused-ring (bicyclic) bond motifs is 1.